The first-order valence-corrected chi connectivity index (χ1v) is 5.66. The van der Waals surface area contributed by atoms with Gasteiger partial charge in [0.15, 0.2) is 0 Å². The van der Waals surface area contributed by atoms with Gasteiger partial charge in [0.25, 0.3) is 0 Å². The van der Waals surface area contributed by atoms with Crippen LogP contribution in [-0.2, 0) is 11.2 Å². The lowest BCUT2D eigenvalue weighted by atomic mass is 10.0. The molecule has 3 nitrogen and oxygen atoms in total. The quantitative estimate of drug-likeness (QED) is 0.791. The fraction of sp³-hybridized carbons (Fsp3) is 0.462. The van der Waals surface area contributed by atoms with Gasteiger partial charge in [-0.05, 0) is 37.8 Å². The zero-order valence-corrected chi connectivity index (χ0v) is 9.79. The first-order valence-electron chi connectivity index (χ1n) is 5.66. The fourth-order valence-electron chi connectivity index (χ4n) is 2.05. The van der Waals surface area contributed by atoms with E-state index in [-0.39, 0.29) is 11.9 Å². The molecule has 0 bridgehead atoms. The van der Waals surface area contributed by atoms with Crippen LogP contribution in [-0.4, -0.2) is 11.4 Å². The summed E-state index contributed by atoms with van der Waals surface area (Å²) in [4.78, 5) is 11.8. The lowest BCUT2D eigenvalue weighted by Crippen LogP contribution is -2.49. The van der Waals surface area contributed by atoms with E-state index in [4.69, 9.17) is 5.73 Å². The van der Waals surface area contributed by atoms with E-state index in [0.717, 1.165) is 12.8 Å². The summed E-state index contributed by atoms with van der Waals surface area (Å²) in [6, 6.07) is 8.38. The van der Waals surface area contributed by atoms with Crippen LogP contribution in [0.3, 0.4) is 0 Å². The van der Waals surface area contributed by atoms with Crippen molar-refractivity contribution >= 4 is 5.91 Å². The van der Waals surface area contributed by atoms with Crippen LogP contribution < -0.4 is 11.1 Å². The fourth-order valence-corrected chi connectivity index (χ4v) is 2.05. The van der Waals surface area contributed by atoms with Gasteiger partial charge in [-0.2, -0.15) is 0 Å². The van der Waals surface area contributed by atoms with E-state index in [1.165, 1.54) is 11.1 Å². The molecule has 0 aliphatic heterocycles. The van der Waals surface area contributed by atoms with Crippen LogP contribution >= 0.6 is 0 Å². The Morgan fingerprint density at radius 1 is 1.44 bits per heavy atom. The maximum absolute atomic E-state index is 11.8. The minimum atomic E-state index is -0.808. The molecule has 0 saturated carbocycles. The van der Waals surface area contributed by atoms with Crippen LogP contribution in [0, 0.1) is 0 Å². The summed E-state index contributed by atoms with van der Waals surface area (Å²) in [6.45, 7) is 3.45. The number of amides is 1. The van der Waals surface area contributed by atoms with Crippen molar-refractivity contribution in [2.75, 3.05) is 0 Å². The van der Waals surface area contributed by atoms with Gasteiger partial charge in [0, 0.05) is 0 Å². The SMILES string of the molecule is CC(C)(N)C(=O)NC1CCc2ccccc21. The highest BCUT2D eigenvalue weighted by Gasteiger charge is 2.28. The molecule has 86 valence electrons. The number of hydrogen-bond donors (Lipinski definition) is 2. The molecule has 16 heavy (non-hydrogen) atoms. The highest BCUT2D eigenvalue weighted by atomic mass is 16.2. The first kappa shape index (κ1) is 11.1. The van der Waals surface area contributed by atoms with Gasteiger partial charge in [0.2, 0.25) is 5.91 Å². The summed E-state index contributed by atoms with van der Waals surface area (Å²) >= 11 is 0. The van der Waals surface area contributed by atoms with Gasteiger partial charge in [-0.15, -0.1) is 0 Å². The second-order valence-corrected chi connectivity index (χ2v) is 4.99. The predicted octanol–water partition coefficient (Wildman–Crippen LogP) is 1.53. The minimum Gasteiger partial charge on any atom is -0.348 e. The Hall–Kier alpha value is -1.35. The monoisotopic (exact) mass is 218 g/mol. The van der Waals surface area contributed by atoms with Crippen molar-refractivity contribution in [2.45, 2.75) is 38.3 Å². The average molecular weight is 218 g/mol. The maximum atomic E-state index is 11.8. The Balaban J connectivity index is 2.12. The molecule has 0 saturated heterocycles. The highest BCUT2D eigenvalue weighted by Crippen LogP contribution is 2.30. The van der Waals surface area contributed by atoms with Gasteiger partial charge in [-0.1, -0.05) is 24.3 Å². The molecule has 1 aromatic rings. The molecule has 1 atom stereocenters. The molecule has 1 aliphatic carbocycles. The van der Waals surface area contributed by atoms with Crippen LogP contribution in [0.2, 0.25) is 0 Å². The Kier molecular flexibility index (Phi) is 2.72. The zero-order chi connectivity index (χ0) is 11.8. The molecule has 2 rings (SSSR count). The second-order valence-electron chi connectivity index (χ2n) is 4.99. The number of nitrogens with two attached hydrogens (primary N) is 1. The third kappa shape index (κ3) is 2.09. The summed E-state index contributed by atoms with van der Waals surface area (Å²) in [5, 5.41) is 3.01. The number of carbonyl (C=O) groups is 1. The smallest absolute Gasteiger partial charge is 0.239 e. The van der Waals surface area contributed by atoms with Gasteiger partial charge in [-0.3, -0.25) is 4.79 Å². The van der Waals surface area contributed by atoms with E-state index in [1.807, 2.05) is 12.1 Å². The van der Waals surface area contributed by atoms with Crippen LogP contribution in [0.4, 0.5) is 0 Å². The number of carbonyl (C=O) groups excluding carboxylic acids is 1. The predicted molar refractivity (Wildman–Crippen MR) is 63.9 cm³/mol. The van der Waals surface area contributed by atoms with Gasteiger partial charge in [-0.25, -0.2) is 0 Å². The average Bonchev–Trinajstić information content (AvgIpc) is 2.61. The molecule has 0 heterocycles. The van der Waals surface area contributed by atoms with Gasteiger partial charge in [0.05, 0.1) is 11.6 Å². The lowest BCUT2D eigenvalue weighted by molar-refractivity contribution is -0.126. The van der Waals surface area contributed by atoms with E-state index < -0.39 is 5.54 Å². The van der Waals surface area contributed by atoms with E-state index in [0.29, 0.717) is 0 Å². The lowest BCUT2D eigenvalue weighted by Gasteiger charge is -2.22. The molecule has 3 heteroatoms. The minimum absolute atomic E-state index is 0.0887. The van der Waals surface area contributed by atoms with Crippen LogP contribution in [0.5, 0.6) is 0 Å². The number of fused-ring (bicyclic) bond motifs is 1. The third-order valence-electron chi connectivity index (χ3n) is 3.02. The van der Waals surface area contributed by atoms with Crippen LogP contribution in [0.15, 0.2) is 24.3 Å². The highest BCUT2D eigenvalue weighted by molar-refractivity contribution is 5.85. The van der Waals surface area contributed by atoms with Crippen molar-refractivity contribution in [2.24, 2.45) is 5.73 Å². The summed E-state index contributed by atoms with van der Waals surface area (Å²) in [6.07, 6.45) is 2.01. The maximum Gasteiger partial charge on any atom is 0.239 e. The zero-order valence-electron chi connectivity index (χ0n) is 9.79. The summed E-state index contributed by atoms with van der Waals surface area (Å²) < 4.78 is 0. The van der Waals surface area contributed by atoms with Gasteiger partial charge in [0.1, 0.15) is 0 Å². The number of aryl methyl sites for hydroxylation is 1. The second kappa shape index (κ2) is 3.91. The van der Waals surface area contributed by atoms with Crippen molar-refractivity contribution in [1.29, 1.82) is 0 Å². The van der Waals surface area contributed by atoms with Crippen molar-refractivity contribution in [3.8, 4) is 0 Å². The van der Waals surface area contributed by atoms with Gasteiger partial charge < -0.3 is 11.1 Å². The Morgan fingerprint density at radius 3 is 2.81 bits per heavy atom. The van der Waals surface area contributed by atoms with E-state index >= 15 is 0 Å². The van der Waals surface area contributed by atoms with Crippen molar-refractivity contribution < 1.29 is 4.79 Å². The molecule has 1 aromatic carbocycles. The number of benzene rings is 1. The molecule has 0 radical (unpaired) electrons. The largest absolute Gasteiger partial charge is 0.348 e. The topological polar surface area (TPSA) is 55.1 Å². The molecule has 0 aromatic heterocycles. The molecule has 1 amide bonds. The third-order valence-corrected chi connectivity index (χ3v) is 3.02. The number of rotatable bonds is 2. The Bertz CT molecular complexity index is 407. The normalized spacial score (nSPS) is 19.3. The number of hydrogen-bond acceptors (Lipinski definition) is 2. The van der Waals surface area contributed by atoms with E-state index in [2.05, 4.69) is 17.4 Å². The van der Waals surface area contributed by atoms with Crippen molar-refractivity contribution in [1.82, 2.24) is 5.32 Å². The van der Waals surface area contributed by atoms with E-state index in [9.17, 15) is 4.79 Å². The Morgan fingerprint density at radius 2 is 2.12 bits per heavy atom. The molecular formula is C13H18N2O. The van der Waals surface area contributed by atoms with Crippen LogP contribution in [0.1, 0.15) is 37.4 Å². The van der Waals surface area contributed by atoms with Crippen molar-refractivity contribution in [3.05, 3.63) is 35.4 Å². The molecule has 3 N–H and O–H groups in total. The Labute approximate surface area is 96.0 Å². The molecular weight excluding hydrogens is 200 g/mol. The summed E-state index contributed by atoms with van der Waals surface area (Å²) in [7, 11) is 0. The van der Waals surface area contributed by atoms with Gasteiger partial charge >= 0.3 is 0 Å². The van der Waals surface area contributed by atoms with Crippen LogP contribution in [0.25, 0.3) is 0 Å². The molecule has 1 unspecified atom stereocenters. The molecule has 0 fully saturated rings. The number of nitrogens with one attached hydrogen (secondary N) is 1. The van der Waals surface area contributed by atoms with Crippen molar-refractivity contribution in [3.63, 3.8) is 0 Å². The summed E-state index contributed by atoms with van der Waals surface area (Å²) in [5.74, 6) is -0.0887. The molecule has 0 spiro atoms. The summed E-state index contributed by atoms with van der Waals surface area (Å²) in [5.41, 5.74) is 7.53. The van der Waals surface area contributed by atoms with E-state index in [1.54, 1.807) is 13.8 Å². The molecule has 1 aliphatic rings. The standard InChI is InChI=1S/C13H18N2O/c1-13(2,14)12(16)15-11-8-7-9-5-3-4-6-10(9)11/h3-6,11H,7-8,14H2,1-2H3,(H,15,16). The first-order chi connectivity index (χ1) is 7.48.